The first-order valence-electron chi connectivity index (χ1n) is 5.89. The molecule has 0 aliphatic carbocycles. The summed E-state index contributed by atoms with van der Waals surface area (Å²) in [5, 5.41) is 4.05. The molecule has 1 aromatic carbocycles. The summed E-state index contributed by atoms with van der Waals surface area (Å²) in [6.07, 6.45) is 2.95. The first-order valence-corrected chi connectivity index (χ1v) is 5.89. The summed E-state index contributed by atoms with van der Waals surface area (Å²) in [4.78, 5) is 11.2. The van der Waals surface area contributed by atoms with E-state index in [1.807, 2.05) is 0 Å². The Hall–Kier alpha value is -2.89. The first-order chi connectivity index (χ1) is 9.58. The van der Waals surface area contributed by atoms with Crippen molar-refractivity contribution < 1.29 is 9.18 Å². The number of hydrogen-bond acceptors (Lipinski definition) is 3. The highest BCUT2D eigenvalue weighted by Crippen LogP contribution is 2.27. The van der Waals surface area contributed by atoms with Gasteiger partial charge in [-0.3, -0.25) is 4.79 Å². The van der Waals surface area contributed by atoms with E-state index in [1.165, 1.54) is 16.8 Å². The van der Waals surface area contributed by atoms with Crippen molar-refractivity contribution in [2.24, 2.45) is 5.73 Å². The van der Waals surface area contributed by atoms with Gasteiger partial charge in [0.15, 0.2) is 0 Å². The van der Waals surface area contributed by atoms with Crippen molar-refractivity contribution in [1.29, 1.82) is 0 Å². The third-order valence-electron chi connectivity index (χ3n) is 3.13. The van der Waals surface area contributed by atoms with Crippen molar-refractivity contribution in [3.8, 4) is 11.1 Å². The maximum atomic E-state index is 13.8. The van der Waals surface area contributed by atoms with E-state index in [4.69, 9.17) is 11.5 Å². The molecule has 0 bridgehead atoms. The number of nitrogens with zero attached hydrogens (tertiary/aromatic N) is 2. The van der Waals surface area contributed by atoms with Gasteiger partial charge < -0.3 is 11.5 Å². The zero-order valence-corrected chi connectivity index (χ0v) is 10.4. The van der Waals surface area contributed by atoms with Gasteiger partial charge in [-0.15, -0.1) is 0 Å². The van der Waals surface area contributed by atoms with Gasteiger partial charge in [0.25, 0.3) is 5.91 Å². The zero-order valence-electron chi connectivity index (χ0n) is 10.4. The normalized spacial score (nSPS) is 10.8. The van der Waals surface area contributed by atoms with E-state index in [0.717, 1.165) is 0 Å². The van der Waals surface area contributed by atoms with Crippen LogP contribution in [0.4, 0.5) is 10.1 Å². The van der Waals surface area contributed by atoms with Gasteiger partial charge in [-0.05, 0) is 12.1 Å². The quantitative estimate of drug-likeness (QED) is 0.744. The summed E-state index contributed by atoms with van der Waals surface area (Å²) in [6, 6.07) is 8.07. The molecule has 0 spiro atoms. The fourth-order valence-corrected chi connectivity index (χ4v) is 2.12. The Labute approximate surface area is 113 Å². The van der Waals surface area contributed by atoms with Crippen molar-refractivity contribution in [3.63, 3.8) is 0 Å². The molecule has 2 heterocycles. The standard InChI is InChI=1S/C14H11FN4O/c15-11-4-2-1-3-9(11)8-5-12-13(16)10(14(17)20)6-18-19(12)7-8/h1-7H,16H2,(H2,17,20). The monoisotopic (exact) mass is 270 g/mol. The molecule has 20 heavy (non-hydrogen) atoms. The molecule has 0 radical (unpaired) electrons. The smallest absolute Gasteiger partial charge is 0.252 e. The van der Waals surface area contributed by atoms with E-state index >= 15 is 0 Å². The van der Waals surface area contributed by atoms with E-state index in [0.29, 0.717) is 16.6 Å². The lowest BCUT2D eigenvalue weighted by molar-refractivity contribution is 0.100. The molecule has 6 heteroatoms. The topological polar surface area (TPSA) is 86.4 Å². The van der Waals surface area contributed by atoms with Gasteiger partial charge in [-0.25, -0.2) is 8.91 Å². The minimum atomic E-state index is -0.647. The number of aromatic nitrogens is 2. The number of amides is 1. The Bertz CT molecular complexity index is 825. The number of rotatable bonds is 2. The van der Waals surface area contributed by atoms with Crippen LogP contribution in [-0.4, -0.2) is 15.5 Å². The lowest BCUT2D eigenvalue weighted by Gasteiger charge is -2.02. The Morgan fingerprint density at radius 2 is 2.05 bits per heavy atom. The van der Waals surface area contributed by atoms with Gasteiger partial charge >= 0.3 is 0 Å². The average molecular weight is 270 g/mol. The van der Waals surface area contributed by atoms with Gasteiger partial charge in [0.05, 0.1) is 23.0 Å². The first kappa shape index (κ1) is 12.2. The van der Waals surface area contributed by atoms with E-state index in [2.05, 4.69) is 5.10 Å². The van der Waals surface area contributed by atoms with Crippen LogP contribution in [0.5, 0.6) is 0 Å². The highest BCUT2D eigenvalue weighted by molar-refractivity contribution is 6.01. The predicted molar refractivity (Wildman–Crippen MR) is 73.5 cm³/mol. The van der Waals surface area contributed by atoms with Gasteiger partial charge in [0.1, 0.15) is 5.82 Å². The van der Waals surface area contributed by atoms with Crippen LogP contribution >= 0.6 is 0 Å². The number of hydrogen-bond donors (Lipinski definition) is 2. The minimum Gasteiger partial charge on any atom is -0.396 e. The number of anilines is 1. The van der Waals surface area contributed by atoms with Crippen molar-refractivity contribution in [3.05, 3.63) is 54.1 Å². The third-order valence-corrected chi connectivity index (χ3v) is 3.13. The SMILES string of the molecule is NC(=O)c1cnn2cc(-c3ccccc3F)cc2c1N. The largest absolute Gasteiger partial charge is 0.396 e. The van der Waals surface area contributed by atoms with Gasteiger partial charge in [-0.2, -0.15) is 5.10 Å². The molecule has 0 unspecified atom stereocenters. The third kappa shape index (κ3) is 1.78. The van der Waals surface area contributed by atoms with Crippen LogP contribution in [0.15, 0.2) is 42.7 Å². The van der Waals surface area contributed by atoms with Gasteiger partial charge in [0.2, 0.25) is 0 Å². The van der Waals surface area contributed by atoms with Crippen molar-refractivity contribution >= 4 is 17.1 Å². The number of fused-ring (bicyclic) bond motifs is 1. The maximum Gasteiger partial charge on any atom is 0.252 e. The van der Waals surface area contributed by atoms with E-state index in [1.54, 1.807) is 30.5 Å². The van der Waals surface area contributed by atoms with Crippen LogP contribution in [0.2, 0.25) is 0 Å². The zero-order chi connectivity index (χ0) is 14.3. The molecule has 0 atom stereocenters. The number of nitrogen functional groups attached to an aromatic ring is 1. The number of carbonyl (C=O) groups is 1. The number of halogens is 1. The fraction of sp³-hybridized carbons (Fsp3) is 0. The Kier molecular flexibility index (Phi) is 2.64. The maximum absolute atomic E-state index is 13.8. The predicted octanol–water partition coefficient (Wildman–Crippen LogP) is 1.82. The molecular formula is C14H11FN4O. The Morgan fingerprint density at radius 1 is 1.30 bits per heavy atom. The fourth-order valence-electron chi connectivity index (χ4n) is 2.12. The molecule has 0 aliphatic heterocycles. The highest BCUT2D eigenvalue weighted by Gasteiger charge is 2.13. The molecule has 0 saturated heterocycles. The molecule has 0 fully saturated rings. The molecule has 5 nitrogen and oxygen atoms in total. The molecule has 1 amide bonds. The summed E-state index contributed by atoms with van der Waals surface area (Å²) in [5.74, 6) is -0.983. The molecule has 0 saturated carbocycles. The van der Waals surface area contributed by atoms with E-state index in [9.17, 15) is 9.18 Å². The van der Waals surface area contributed by atoms with Crippen molar-refractivity contribution in [2.45, 2.75) is 0 Å². The summed E-state index contributed by atoms with van der Waals surface area (Å²) < 4.78 is 15.3. The molecule has 3 rings (SSSR count). The number of nitrogens with two attached hydrogens (primary N) is 2. The molecule has 4 N–H and O–H groups in total. The summed E-state index contributed by atoms with van der Waals surface area (Å²) in [7, 11) is 0. The second-order valence-corrected chi connectivity index (χ2v) is 4.37. The minimum absolute atomic E-state index is 0.149. The Morgan fingerprint density at radius 3 is 2.75 bits per heavy atom. The van der Waals surface area contributed by atoms with Crippen LogP contribution < -0.4 is 11.5 Å². The lowest BCUT2D eigenvalue weighted by atomic mass is 10.1. The van der Waals surface area contributed by atoms with Gasteiger partial charge in [0, 0.05) is 17.3 Å². The van der Waals surface area contributed by atoms with Crippen LogP contribution in [0.3, 0.4) is 0 Å². The lowest BCUT2D eigenvalue weighted by Crippen LogP contribution is -2.15. The van der Waals surface area contributed by atoms with Crippen molar-refractivity contribution in [2.75, 3.05) is 5.73 Å². The number of benzene rings is 1. The summed E-state index contributed by atoms with van der Waals surface area (Å²) >= 11 is 0. The molecule has 2 aromatic heterocycles. The van der Waals surface area contributed by atoms with E-state index in [-0.39, 0.29) is 17.1 Å². The number of primary amides is 1. The van der Waals surface area contributed by atoms with E-state index < -0.39 is 5.91 Å². The van der Waals surface area contributed by atoms with Gasteiger partial charge in [-0.1, -0.05) is 18.2 Å². The summed E-state index contributed by atoms with van der Waals surface area (Å²) in [6.45, 7) is 0. The molecular weight excluding hydrogens is 259 g/mol. The highest BCUT2D eigenvalue weighted by atomic mass is 19.1. The molecule has 100 valence electrons. The second-order valence-electron chi connectivity index (χ2n) is 4.37. The summed E-state index contributed by atoms with van der Waals surface area (Å²) in [5.41, 5.74) is 13.1. The average Bonchev–Trinajstić information content (AvgIpc) is 2.84. The van der Waals surface area contributed by atoms with Crippen LogP contribution in [-0.2, 0) is 0 Å². The van der Waals surface area contributed by atoms with Crippen LogP contribution in [0, 0.1) is 5.82 Å². The van der Waals surface area contributed by atoms with Crippen molar-refractivity contribution in [1.82, 2.24) is 9.61 Å². The molecule has 0 aliphatic rings. The molecule has 3 aromatic rings. The number of carbonyl (C=O) groups excluding carboxylic acids is 1. The Balaban J connectivity index is 2.24. The van der Waals surface area contributed by atoms with Crippen LogP contribution in [0.1, 0.15) is 10.4 Å². The van der Waals surface area contributed by atoms with Crippen LogP contribution in [0.25, 0.3) is 16.6 Å². The second kappa shape index (κ2) is 4.34.